The Morgan fingerprint density at radius 3 is 2.52 bits per heavy atom. The molecule has 1 N–H and O–H groups in total. The maximum absolute atomic E-state index is 12.5. The van der Waals surface area contributed by atoms with Crippen molar-refractivity contribution in [2.24, 2.45) is 0 Å². The Morgan fingerprint density at radius 1 is 0.960 bits per heavy atom. The summed E-state index contributed by atoms with van der Waals surface area (Å²) in [5.74, 6) is -0.161. The highest BCUT2D eigenvalue weighted by Crippen LogP contribution is 2.50. The summed E-state index contributed by atoms with van der Waals surface area (Å²) in [5.41, 5.74) is 3.89. The molecule has 0 saturated carbocycles. The van der Waals surface area contributed by atoms with Crippen molar-refractivity contribution < 1.29 is 4.79 Å². The summed E-state index contributed by atoms with van der Waals surface area (Å²) in [6, 6.07) is 19.9. The van der Waals surface area contributed by atoms with Gasteiger partial charge in [-0.25, -0.2) is 4.98 Å². The lowest BCUT2D eigenvalue weighted by atomic mass is 10.0. The smallest absolute Gasteiger partial charge is 0.258 e. The highest BCUT2D eigenvalue weighted by Gasteiger charge is 2.26. The number of hydrogen-bond acceptors (Lipinski definition) is 3. The summed E-state index contributed by atoms with van der Waals surface area (Å²) in [5, 5.41) is 6.03. The van der Waals surface area contributed by atoms with Gasteiger partial charge in [0.15, 0.2) is 5.13 Å². The van der Waals surface area contributed by atoms with Crippen LogP contribution in [0.25, 0.3) is 32.5 Å². The van der Waals surface area contributed by atoms with Gasteiger partial charge in [0.2, 0.25) is 0 Å². The van der Waals surface area contributed by atoms with Crippen LogP contribution in [0.15, 0.2) is 65.1 Å². The van der Waals surface area contributed by atoms with Crippen LogP contribution in [0, 0.1) is 0 Å². The molecule has 0 fully saturated rings. The molecule has 3 aromatic carbocycles. The van der Waals surface area contributed by atoms with Crippen molar-refractivity contribution in [1.29, 1.82) is 0 Å². The zero-order chi connectivity index (χ0) is 17.0. The van der Waals surface area contributed by atoms with Crippen molar-refractivity contribution in [2.75, 3.05) is 5.32 Å². The van der Waals surface area contributed by atoms with E-state index in [1.807, 2.05) is 18.2 Å². The Bertz CT molecular complexity index is 1110. The first-order valence-electron chi connectivity index (χ1n) is 7.81. The minimum atomic E-state index is -0.161. The molecule has 5 rings (SSSR count). The second kappa shape index (κ2) is 5.51. The van der Waals surface area contributed by atoms with E-state index < -0.39 is 0 Å². The summed E-state index contributed by atoms with van der Waals surface area (Å²) < 4.78 is 0.770. The summed E-state index contributed by atoms with van der Waals surface area (Å²) in [4.78, 5) is 18.3. The molecule has 0 radical (unpaired) electrons. The van der Waals surface area contributed by atoms with E-state index in [1.54, 1.807) is 6.07 Å². The Kier molecular flexibility index (Phi) is 3.26. The third-order valence-electron chi connectivity index (χ3n) is 4.37. The number of hydrogen-bond donors (Lipinski definition) is 1. The van der Waals surface area contributed by atoms with E-state index in [2.05, 4.69) is 57.6 Å². The van der Waals surface area contributed by atoms with Gasteiger partial charge in [-0.15, -0.1) is 0 Å². The molecule has 3 nitrogen and oxygen atoms in total. The monoisotopic (exact) mass is 406 g/mol. The number of rotatable bonds is 2. The fourth-order valence-corrected chi connectivity index (χ4v) is 4.75. The van der Waals surface area contributed by atoms with Gasteiger partial charge in [-0.1, -0.05) is 59.9 Å². The second-order valence-corrected chi connectivity index (χ2v) is 7.69. The van der Waals surface area contributed by atoms with Gasteiger partial charge >= 0.3 is 0 Å². The molecule has 4 aromatic rings. The van der Waals surface area contributed by atoms with Crippen LogP contribution in [0.1, 0.15) is 10.4 Å². The van der Waals surface area contributed by atoms with E-state index in [4.69, 9.17) is 4.98 Å². The van der Waals surface area contributed by atoms with Crippen molar-refractivity contribution in [2.45, 2.75) is 0 Å². The lowest BCUT2D eigenvalue weighted by molar-refractivity contribution is 0.102. The molecule has 1 aliphatic carbocycles. The van der Waals surface area contributed by atoms with Crippen LogP contribution in [-0.2, 0) is 0 Å². The van der Waals surface area contributed by atoms with E-state index >= 15 is 0 Å². The molecule has 1 amide bonds. The molecule has 0 saturated heterocycles. The van der Waals surface area contributed by atoms with Crippen LogP contribution in [-0.4, -0.2) is 10.9 Å². The fraction of sp³-hybridized carbons (Fsp3) is 0. The molecule has 0 unspecified atom stereocenters. The Morgan fingerprint density at radius 2 is 1.72 bits per heavy atom. The average molecular weight is 407 g/mol. The number of amides is 1. The van der Waals surface area contributed by atoms with Gasteiger partial charge in [0.25, 0.3) is 5.91 Å². The molecule has 1 aromatic heterocycles. The standard InChI is InChI=1S/C20H11BrN2OS/c21-15-10-2-1-7-12(15)19(24)23-20-22-17-13-8-3-5-11-6-4-9-14(16(11)13)18(17)25-20/h1-10H,(H,22,23,24). The molecule has 1 heterocycles. The summed E-state index contributed by atoms with van der Waals surface area (Å²) in [6.45, 7) is 0. The van der Waals surface area contributed by atoms with Gasteiger partial charge in [-0.05, 0) is 38.8 Å². The Hall–Kier alpha value is -2.50. The van der Waals surface area contributed by atoms with Crippen LogP contribution >= 0.6 is 27.3 Å². The first-order valence-corrected chi connectivity index (χ1v) is 9.42. The molecule has 25 heavy (non-hydrogen) atoms. The Balaban J connectivity index is 1.56. The maximum atomic E-state index is 12.5. The number of thiazole rings is 1. The maximum Gasteiger partial charge on any atom is 0.258 e. The van der Waals surface area contributed by atoms with E-state index in [1.165, 1.54) is 27.7 Å². The normalized spacial score (nSPS) is 11.6. The lowest BCUT2D eigenvalue weighted by Gasteiger charge is -2.04. The molecule has 0 aliphatic heterocycles. The van der Waals surface area contributed by atoms with E-state index in [0.29, 0.717) is 10.7 Å². The van der Waals surface area contributed by atoms with Crippen molar-refractivity contribution in [3.05, 3.63) is 70.7 Å². The number of nitrogens with one attached hydrogen (secondary N) is 1. The molecular weight excluding hydrogens is 396 g/mol. The van der Waals surface area contributed by atoms with Crippen LogP contribution in [0.5, 0.6) is 0 Å². The van der Waals surface area contributed by atoms with Gasteiger partial charge in [-0.2, -0.15) is 0 Å². The van der Waals surface area contributed by atoms with Gasteiger partial charge in [0.1, 0.15) is 0 Å². The number of anilines is 1. The highest BCUT2D eigenvalue weighted by atomic mass is 79.9. The lowest BCUT2D eigenvalue weighted by Crippen LogP contribution is -2.12. The molecule has 0 atom stereocenters. The Labute approximate surface area is 156 Å². The van der Waals surface area contributed by atoms with Gasteiger partial charge in [0, 0.05) is 15.6 Å². The quantitative estimate of drug-likeness (QED) is 0.392. The number of halogens is 1. The van der Waals surface area contributed by atoms with E-state index in [-0.39, 0.29) is 5.91 Å². The number of carbonyl (C=O) groups excluding carboxylic acids is 1. The van der Waals surface area contributed by atoms with Gasteiger partial charge in [0.05, 0.1) is 16.1 Å². The number of benzene rings is 3. The molecule has 1 aliphatic rings. The highest BCUT2D eigenvalue weighted by molar-refractivity contribution is 9.10. The predicted molar refractivity (Wildman–Crippen MR) is 106 cm³/mol. The zero-order valence-electron chi connectivity index (χ0n) is 12.9. The van der Waals surface area contributed by atoms with E-state index in [9.17, 15) is 4.79 Å². The minimum Gasteiger partial charge on any atom is -0.298 e. The van der Waals surface area contributed by atoms with Crippen molar-refractivity contribution in [3.63, 3.8) is 0 Å². The third kappa shape index (κ3) is 2.23. The van der Waals surface area contributed by atoms with Crippen LogP contribution < -0.4 is 5.32 Å². The van der Waals surface area contributed by atoms with Crippen LogP contribution in [0.4, 0.5) is 5.13 Å². The molecule has 0 bridgehead atoms. The first kappa shape index (κ1) is 14.8. The molecular formula is C20H11BrN2OS. The number of aromatic nitrogens is 1. The van der Waals surface area contributed by atoms with Crippen LogP contribution in [0.2, 0.25) is 0 Å². The average Bonchev–Trinajstić information content (AvgIpc) is 3.15. The second-order valence-electron chi connectivity index (χ2n) is 5.84. The molecule has 0 spiro atoms. The number of carbonyl (C=O) groups is 1. The van der Waals surface area contributed by atoms with Crippen molar-refractivity contribution in [3.8, 4) is 21.7 Å². The predicted octanol–water partition coefficient (Wildman–Crippen LogP) is 5.96. The summed E-state index contributed by atoms with van der Waals surface area (Å²) >= 11 is 4.94. The third-order valence-corrected chi connectivity index (χ3v) is 6.07. The molecule has 5 heteroatoms. The minimum absolute atomic E-state index is 0.161. The van der Waals surface area contributed by atoms with Gasteiger partial charge < -0.3 is 0 Å². The van der Waals surface area contributed by atoms with Crippen molar-refractivity contribution >= 4 is 49.1 Å². The van der Waals surface area contributed by atoms with E-state index in [0.717, 1.165) is 20.6 Å². The van der Waals surface area contributed by atoms with Crippen LogP contribution in [0.3, 0.4) is 0 Å². The molecule has 120 valence electrons. The first-order chi connectivity index (χ1) is 12.2. The summed E-state index contributed by atoms with van der Waals surface area (Å²) in [6.07, 6.45) is 0. The topological polar surface area (TPSA) is 42.0 Å². The summed E-state index contributed by atoms with van der Waals surface area (Å²) in [7, 11) is 0. The SMILES string of the molecule is O=C(Nc1nc2c(s1)-c1cccc3cccc-2c13)c1ccccc1Br. The number of nitrogens with zero attached hydrogens (tertiary/aromatic N) is 1. The van der Waals surface area contributed by atoms with Crippen molar-refractivity contribution in [1.82, 2.24) is 4.98 Å². The zero-order valence-corrected chi connectivity index (χ0v) is 15.3. The van der Waals surface area contributed by atoms with Gasteiger partial charge in [-0.3, -0.25) is 10.1 Å². The fourth-order valence-electron chi connectivity index (χ4n) is 3.28. The largest absolute Gasteiger partial charge is 0.298 e. The number of fused-ring (bicyclic) bond motifs is 3.